The molecule has 2 nitrogen and oxygen atoms in total. The van der Waals surface area contributed by atoms with Crippen LogP contribution in [0.5, 0.6) is 0 Å². The van der Waals surface area contributed by atoms with Gasteiger partial charge in [0, 0.05) is 12.6 Å². The second-order valence-electron chi connectivity index (χ2n) is 6.16. The molecule has 25 heavy (non-hydrogen) atoms. The predicted molar refractivity (Wildman–Crippen MR) is 85.7 cm³/mol. The van der Waals surface area contributed by atoms with E-state index < -0.39 is 23.5 Å². The standard InChI is InChI=1S/C16H20F6N2.ClH/c1-24(14-3-2-5-23-6-4-14)10-11-7-12(15(17,18)19)9-13(8-11)16(20,21)22;/h7-9,14,23H,2-6,10H2,1H3;1H. The van der Waals surface area contributed by atoms with E-state index in [9.17, 15) is 26.3 Å². The van der Waals surface area contributed by atoms with Crippen molar-refractivity contribution in [2.75, 3.05) is 20.1 Å². The molecule has 1 atom stereocenters. The highest BCUT2D eigenvalue weighted by molar-refractivity contribution is 5.85. The minimum absolute atomic E-state index is 0. The van der Waals surface area contributed by atoms with E-state index in [0.717, 1.165) is 44.5 Å². The summed E-state index contributed by atoms with van der Waals surface area (Å²) in [5.41, 5.74) is -2.50. The van der Waals surface area contributed by atoms with Crippen LogP contribution in [0, 0.1) is 0 Å². The van der Waals surface area contributed by atoms with Crippen molar-refractivity contribution in [3.63, 3.8) is 0 Å². The summed E-state index contributed by atoms with van der Waals surface area (Å²) in [5, 5.41) is 3.23. The van der Waals surface area contributed by atoms with Gasteiger partial charge in [-0.15, -0.1) is 12.4 Å². The summed E-state index contributed by atoms with van der Waals surface area (Å²) >= 11 is 0. The van der Waals surface area contributed by atoms with Gasteiger partial charge in [0.15, 0.2) is 0 Å². The fourth-order valence-corrected chi connectivity index (χ4v) is 2.97. The molecule has 1 heterocycles. The molecule has 1 unspecified atom stereocenters. The zero-order valence-corrected chi connectivity index (χ0v) is 14.5. The van der Waals surface area contributed by atoms with E-state index in [1.165, 1.54) is 0 Å². The van der Waals surface area contributed by atoms with Gasteiger partial charge in [0.1, 0.15) is 0 Å². The van der Waals surface area contributed by atoms with E-state index in [1.807, 2.05) is 4.90 Å². The number of nitrogens with one attached hydrogen (secondary N) is 1. The van der Waals surface area contributed by atoms with Crippen molar-refractivity contribution in [2.24, 2.45) is 0 Å². The molecule has 0 radical (unpaired) electrons. The minimum atomic E-state index is -4.80. The number of nitrogens with zero attached hydrogens (tertiary/aromatic N) is 1. The van der Waals surface area contributed by atoms with Crippen LogP contribution in [0.25, 0.3) is 0 Å². The monoisotopic (exact) mass is 390 g/mol. The van der Waals surface area contributed by atoms with Crippen LogP contribution in [0.3, 0.4) is 0 Å². The van der Waals surface area contributed by atoms with Crippen molar-refractivity contribution in [1.29, 1.82) is 0 Å². The lowest BCUT2D eigenvalue weighted by Gasteiger charge is -2.27. The van der Waals surface area contributed by atoms with Gasteiger partial charge in [-0.2, -0.15) is 26.3 Å². The van der Waals surface area contributed by atoms with Crippen LogP contribution in [-0.2, 0) is 18.9 Å². The normalized spacial score (nSPS) is 19.4. The lowest BCUT2D eigenvalue weighted by molar-refractivity contribution is -0.143. The summed E-state index contributed by atoms with van der Waals surface area (Å²) in [6.07, 6.45) is -6.98. The number of hydrogen-bond acceptors (Lipinski definition) is 2. The number of hydrogen-bond donors (Lipinski definition) is 1. The largest absolute Gasteiger partial charge is 0.416 e. The SMILES string of the molecule is CN(Cc1cc(C(F)(F)F)cc(C(F)(F)F)c1)C1CCCNCC1.Cl. The van der Waals surface area contributed by atoms with E-state index in [2.05, 4.69) is 5.32 Å². The molecular weight excluding hydrogens is 370 g/mol. The van der Waals surface area contributed by atoms with Crippen LogP contribution >= 0.6 is 12.4 Å². The van der Waals surface area contributed by atoms with E-state index in [4.69, 9.17) is 0 Å². The molecule has 144 valence electrons. The summed E-state index contributed by atoms with van der Waals surface area (Å²) in [5.74, 6) is 0. The van der Waals surface area contributed by atoms with Gasteiger partial charge in [-0.3, -0.25) is 4.90 Å². The second kappa shape index (κ2) is 8.60. The number of rotatable bonds is 3. The maximum Gasteiger partial charge on any atom is 0.416 e. The van der Waals surface area contributed by atoms with Gasteiger partial charge in [-0.1, -0.05) is 0 Å². The van der Waals surface area contributed by atoms with Gasteiger partial charge in [0.25, 0.3) is 0 Å². The van der Waals surface area contributed by atoms with E-state index in [-0.39, 0.29) is 36.6 Å². The molecule has 9 heteroatoms. The average Bonchev–Trinajstić information content (AvgIpc) is 2.74. The first-order valence-corrected chi connectivity index (χ1v) is 7.76. The van der Waals surface area contributed by atoms with Gasteiger partial charge in [-0.25, -0.2) is 0 Å². The van der Waals surface area contributed by atoms with Crippen LogP contribution in [0.15, 0.2) is 18.2 Å². The Kier molecular flexibility index (Phi) is 7.58. The van der Waals surface area contributed by atoms with Crippen molar-refractivity contribution in [3.8, 4) is 0 Å². The molecule has 0 aliphatic carbocycles. The van der Waals surface area contributed by atoms with Gasteiger partial charge in [-0.05, 0) is 63.2 Å². The van der Waals surface area contributed by atoms with Crippen LogP contribution in [0.1, 0.15) is 36.0 Å². The van der Waals surface area contributed by atoms with E-state index >= 15 is 0 Å². The topological polar surface area (TPSA) is 15.3 Å². The molecule has 0 amide bonds. The summed E-state index contributed by atoms with van der Waals surface area (Å²) in [7, 11) is 1.74. The molecule has 2 rings (SSSR count). The Labute approximate surface area is 149 Å². The van der Waals surface area contributed by atoms with Crippen LogP contribution in [-0.4, -0.2) is 31.1 Å². The number of benzene rings is 1. The van der Waals surface area contributed by atoms with Crippen LogP contribution in [0.2, 0.25) is 0 Å². The predicted octanol–water partition coefficient (Wildman–Crippen LogP) is 4.72. The molecule has 0 spiro atoms. The third-order valence-corrected chi connectivity index (χ3v) is 4.25. The third kappa shape index (κ3) is 6.34. The van der Waals surface area contributed by atoms with Crippen molar-refractivity contribution in [3.05, 3.63) is 34.9 Å². The number of alkyl halides is 6. The molecule has 0 saturated carbocycles. The second-order valence-corrected chi connectivity index (χ2v) is 6.16. The van der Waals surface area contributed by atoms with Crippen LogP contribution in [0.4, 0.5) is 26.3 Å². The van der Waals surface area contributed by atoms with Crippen LogP contribution < -0.4 is 5.32 Å². The molecule has 1 aromatic rings. The van der Waals surface area contributed by atoms with Crippen molar-refractivity contribution < 1.29 is 26.3 Å². The van der Waals surface area contributed by atoms with Crippen molar-refractivity contribution in [2.45, 2.75) is 44.2 Å². The molecule has 0 bridgehead atoms. The highest BCUT2D eigenvalue weighted by atomic mass is 35.5. The Hall–Kier alpha value is -0.990. The van der Waals surface area contributed by atoms with Gasteiger partial charge >= 0.3 is 12.4 Å². The molecule has 0 aromatic heterocycles. The first-order valence-electron chi connectivity index (χ1n) is 7.76. The molecule has 1 aromatic carbocycles. The molecule has 1 aliphatic heterocycles. The lowest BCUT2D eigenvalue weighted by atomic mass is 10.0. The first-order chi connectivity index (χ1) is 11.1. The summed E-state index contributed by atoms with van der Waals surface area (Å²) in [6.45, 7) is 1.73. The van der Waals surface area contributed by atoms with Gasteiger partial charge < -0.3 is 5.32 Å². The summed E-state index contributed by atoms with van der Waals surface area (Å²) < 4.78 is 77.4. The Morgan fingerprint density at radius 3 is 2.04 bits per heavy atom. The first kappa shape index (κ1) is 22.1. The molecular formula is C16H21ClF6N2. The smallest absolute Gasteiger partial charge is 0.317 e. The molecule has 1 N–H and O–H groups in total. The Morgan fingerprint density at radius 2 is 1.52 bits per heavy atom. The maximum atomic E-state index is 12.9. The van der Waals surface area contributed by atoms with Crippen molar-refractivity contribution in [1.82, 2.24) is 10.2 Å². The highest BCUT2D eigenvalue weighted by Gasteiger charge is 2.37. The quantitative estimate of drug-likeness (QED) is 0.751. The zero-order chi connectivity index (χ0) is 18.0. The zero-order valence-electron chi connectivity index (χ0n) is 13.7. The fourth-order valence-electron chi connectivity index (χ4n) is 2.97. The average molecular weight is 391 g/mol. The van der Waals surface area contributed by atoms with E-state index in [1.54, 1.807) is 7.05 Å². The highest BCUT2D eigenvalue weighted by Crippen LogP contribution is 2.36. The maximum absolute atomic E-state index is 12.9. The fraction of sp³-hybridized carbons (Fsp3) is 0.625. The Bertz CT molecular complexity index is 518. The van der Waals surface area contributed by atoms with E-state index in [0.29, 0.717) is 0 Å². The van der Waals surface area contributed by atoms with Gasteiger partial charge in [0.05, 0.1) is 11.1 Å². The minimum Gasteiger partial charge on any atom is -0.317 e. The Balaban J connectivity index is 0.00000312. The van der Waals surface area contributed by atoms with Crippen molar-refractivity contribution >= 4 is 12.4 Å². The summed E-state index contributed by atoms with van der Waals surface area (Å²) in [6, 6.07) is 1.92. The number of halogens is 7. The molecule has 1 aliphatic rings. The summed E-state index contributed by atoms with van der Waals surface area (Å²) in [4.78, 5) is 1.84. The molecule has 1 fully saturated rings. The van der Waals surface area contributed by atoms with Gasteiger partial charge in [0.2, 0.25) is 0 Å². The Morgan fingerprint density at radius 1 is 0.960 bits per heavy atom. The third-order valence-electron chi connectivity index (χ3n) is 4.25. The molecule has 1 saturated heterocycles. The lowest BCUT2D eigenvalue weighted by Crippen LogP contribution is -2.32.